The van der Waals surface area contributed by atoms with Crippen LogP contribution in [-0.4, -0.2) is 50.6 Å². The number of anilines is 1. The molecule has 0 bridgehead atoms. The molecule has 164 valence electrons. The summed E-state index contributed by atoms with van der Waals surface area (Å²) in [5.74, 6) is 0.880. The number of aliphatic imine (C=N–C) groups is 1. The lowest BCUT2D eigenvalue weighted by Gasteiger charge is -2.35. The van der Waals surface area contributed by atoms with Crippen LogP contribution in [-0.2, 0) is 4.79 Å². The Morgan fingerprint density at radius 2 is 1.90 bits per heavy atom. The second-order valence-corrected chi connectivity index (χ2v) is 8.53. The van der Waals surface area contributed by atoms with E-state index in [1.807, 2.05) is 20.8 Å². The summed E-state index contributed by atoms with van der Waals surface area (Å²) in [6.07, 6.45) is 2.29. The largest absolute Gasteiger partial charge is 0.369 e. The minimum absolute atomic E-state index is 0. The fourth-order valence-corrected chi connectivity index (χ4v) is 3.20. The molecule has 3 N–H and O–H groups in total. The lowest BCUT2D eigenvalue weighted by Crippen LogP contribution is -2.51. The highest BCUT2D eigenvalue weighted by atomic mass is 127. The normalized spacial score (nSPS) is 17.3. The quantitative estimate of drug-likeness (QED) is 0.236. The highest BCUT2D eigenvalue weighted by molar-refractivity contribution is 14.0. The number of halogens is 1. The van der Waals surface area contributed by atoms with Gasteiger partial charge in [0.15, 0.2) is 5.96 Å². The molecule has 1 fully saturated rings. The molecule has 1 amide bonds. The molecule has 0 saturated carbocycles. The third kappa shape index (κ3) is 8.80. The number of amides is 1. The number of hydrogen-bond acceptors (Lipinski definition) is 3. The zero-order chi connectivity index (χ0) is 20.6. The van der Waals surface area contributed by atoms with Crippen molar-refractivity contribution in [1.29, 1.82) is 0 Å². The van der Waals surface area contributed by atoms with Gasteiger partial charge in [-0.3, -0.25) is 9.79 Å². The molecule has 0 spiro atoms. The first-order valence-corrected chi connectivity index (χ1v) is 10.4. The van der Waals surface area contributed by atoms with Gasteiger partial charge in [0.05, 0.1) is 6.54 Å². The number of rotatable bonds is 6. The smallest absolute Gasteiger partial charge is 0.225 e. The summed E-state index contributed by atoms with van der Waals surface area (Å²) >= 11 is 0. The first-order chi connectivity index (χ1) is 13.3. The predicted molar refractivity (Wildman–Crippen MR) is 133 cm³/mol. The Balaban J connectivity index is 0.00000420. The van der Waals surface area contributed by atoms with Crippen LogP contribution in [0.25, 0.3) is 0 Å². The summed E-state index contributed by atoms with van der Waals surface area (Å²) in [4.78, 5) is 19.0. The van der Waals surface area contributed by atoms with E-state index in [0.29, 0.717) is 19.1 Å². The third-order valence-corrected chi connectivity index (χ3v) is 4.85. The van der Waals surface area contributed by atoms with Gasteiger partial charge < -0.3 is 20.9 Å². The SMILES string of the molecule is CCNC(=NCCNC(=O)C(C)(C)C)NC1CCCN(c2ccc(C)cc2)C1.I. The summed E-state index contributed by atoms with van der Waals surface area (Å²) in [5.41, 5.74) is 2.20. The molecule has 29 heavy (non-hydrogen) atoms. The van der Waals surface area contributed by atoms with Gasteiger partial charge in [-0.05, 0) is 38.8 Å². The zero-order valence-corrected chi connectivity index (χ0v) is 20.9. The highest BCUT2D eigenvalue weighted by Gasteiger charge is 2.22. The number of aryl methyl sites for hydroxylation is 1. The van der Waals surface area contributed by atoms with Crippen LogP contribution in [0.2, 0.25) is 0 Å². The van der Waals surface area contributed by atoms with Crippen LogP contribution < -0.4 is 20.9 Å². The number of nitrogens with one attached hydrogen (secondary N) is 3. The molecule has 2 rings (SSSR count). The Bertz CT molecular complexity index is 654. The van der Waals surface area contributed by atoms with Crippen molar-refractivity contribution < 1.29 is 4.79 Å². The molecule has 1 atom stereocenters. The highest BCUT2D eigenvalue weighted by Crippen LogP contribution is 2.20. The summed E-state index contributed by atoms with van der Waals surface area (Å²) in [5, 5.41) is 9.84. The molecular formula is C22H38IN5O. The molecule has 1 unspecified atom stereocenters. The third-order valence-electron chi connectivity index (χ3n) is 4.85. The Kier molecular flexibility index (Phi) is 10.8. The van der Waals surface area contributed by atoms with Gasteiger partial charge in [0.25, 0.3) is 0 Å². The van der Waals surface area contributed by atoms with Crippen LogP contribution in [0.4, 0.5) is 5.69 Å². The molecule has 1 aromatic rings. The van der Waals surface area contributed by atoms with Gasteiger partial charge >= 0.3 is 0 Å². The standard InChI is InChI=1S/C22H37N5O.HI/c1-6-23-21(25-14-13-24-20(28)22(3,4)5)26-18-8-7-15-27(16-18)19-11-9-17(2)10-12-19;/h9-12,18H,6-8,13-16H2,1-5H3,(H,24,28)(H2,23,25,26);1H. The summed E-state index contributed by atoms with van der Waals surface area (Å²) in [6.45, 7) is 13.9. The molecule has 1 heterocycles. The number of carbonyl (C=O) groups is 1. The maximum Gasteiger partial charge on any atom is 0.225 e. The number of piperidine rings is 1. The molecule has 0 aliphatic carbocycles. The van der Waals surface area contributed by atoms with Crippen molar-refractivity contribution in [2.45, 2.75) is 53.5 Å². The van der Waals surface area contributed by atoms with Gasteiger partial charge in [0.1, 0.15) is 0 Å². The number of nitrogens with zero attached hydrogens (tertiary/aromatic N) is 2. The van der Waals surface area contributed by atoms with Crippen LogP contribution in [0.15, 0.2) is 29.3 Å². The molecular weight excluding hydrogens is 477 g/mol. The molecule has 6 nitrogen and oxygen atoms in total. The van der Waals surface area contributed by atoms with E-state index in [0.717, 1.165) is 38.4 Å². The average molecular weight is 515 g/mol. The van der Waals surface area contributed by atoms with Crippen molar-refractivity contribution >= 4 is 41.5 Å². The van der Waals surface area contributed by atoms with Crippen molar-refractivity contribution in [3.63, 3.8) is 0 Å². The van der Waals surface area contributed by atoms with Crippen molar-refractivity contribution in [2.75, 3.05) is 37.6 Å². The monoisotopic (exact) mass is 515 g/mol. The lowest BCUT2D eigenvalue weighted by atomic mass is 9.96. The Hall–Kier alpha value is -1.51. The van der Waals surface area contributed by atoms with E-state index in [1.54, 1.807) is 0 Å². The maximum absolute atomic E-state index is 11.9. The second kappa shape index (κ2) is 12.2. The minimum Gasteiger partial charge on any atom is -0.369 e. The van der Waals surface area contributed by atoms with Gasteiger partial charge in [-0.2, -0.15) is 0 Å². The van der Waals surface area contributed by atoms with Crippen LogP contribution in [0, 0.1) is 12.3 Å². The van der Waals surface area contributed by atoms with Gasteiger partial charge in [-0.1, -0.05) is 38.5 Å². The van der Waals surface area contributed by atoms with Crippen LogP contribution in [0.3, 0.4) is 0 Å². The molecule has 1 aliphatic heterocycles. The van der Waals surface area contributed by atoms with Gasteiger partial charge in [0, 0.05) is 43.3 Å². The molecule has 1 aromatic carbocycles. The predicted octanol–water partition coefficient (Wildman–Crippen LogP) is 3.30. The van der Waals surface area contributed by atoms with Crippen LogP contribution in [0.5, 0.6) is 0 Å². The van der Waals surface area contributed by atoms with Crippen molar-refractivity contribution in [1.82, 2.24) is 16.0 Å². The first kappa shape index (κ1) is 25.5. The van der Waals surface area contributed by atoms with Crippen LogP contribution >= 0.6 is 24.0 Å². The maximum atomic E-state index is 11.9. The first-order valence-electron chi connectivity index (χ1n) is 10.4. The number of guanidine groups is 1. The molecule has 1 saturated heterocycles. The van der Waals surface area contributed by atoms with E-state index >= 15 is 0 Å². The fourth-order valence-electron chi connectivity index (χ4n) is 3.20. The fraction of sp³-hybridized carbons (Fsp3) is 0.636. The Morgan fingerprint density at radius 1 is 1.21 bits per heavy atom. The summed E-state index contributed by atoms with van der Waals surface area (Å²) < 4.78 is 0. The van der Waals surface area contributed by atoms with E-state index in [2.05, 4.69) is 64.0 Å². The van der Waals surface area contributed by atoms with Gasteiger partial charge in [-0.25, -0.2) is 0 Å². The molecule has 7 heteroatoms. The second-order valence-electron chi connectivity index (χ2n) is 8.53. The van der Waals surface area contributed by atoms with E-state index in [-0.39, 0.29) is 35.3 Å². The minimum atomic E-state index is -0.367. The average Bonchev–Trinajstić information content (AvgIpc) is 2.65. The lowest BCUT2D eigenvalue weighted by molar-refractivity contribution is -0.128. The van der Waals surface area contributed by atoms with Crippen molar-refractivity contribution in [2.24, 2.45) is 10.4 Å². The molecule has 0 aromatic heterocycles. The number of carbonyl (C=O) groups excluding carboxylic acids is 1. The Morgan fingerprint density at radius 3 is 2.52 bits per heavy atom. The summed E-state index contributed by atoms with van der Waals surface area (Å²) in [6, 6.07) is 9.11. The Labute approximate surface area is 193 Å². The number of hydrogen-bond donors (Lipinski definition) is 3. The van der Waals surface area contributed by atoms with Gasteiger partial charge in [0.2, 0.25) is 5.91 Å². The molecule has 1 aliphatic rings. The van der Waals surface area contributed by atoms with Crippen molar-refractivity contribution in [3.8, 4) is 0 Å². The van der Waals surface area contributed by atoms with E-state index < -0.39 is 0 Å². The van der Waals surface area contributed by atoms with Crippen LogP contribution in [0.1, 0.15) is 46.1 Å². The summed E-state index contributed by atoms with van der Waals surface area (Å²) in [7, 11) is 0. The van der Waals surface area contributed by atoms with E-state index in [4.69, 9.17) is 0 Å². The van der Waals surface area contributed by atoms with Gasteiger partial charge in [-0.15, -0.1) is 24.0 Å². The molecule has 0 radical (unpaired) electrons. The topological polar surface area (TPSA) is 68.8 Å². The zero-order valence-electron chi connectivity index (χ0n) is 18.5. The van der Waals surface area contributed by atoms with Crippen molar-refractivity contribution in [3.05, 3.63) is 29.8 Å². The number of benzene rings is 1. The van der Waals surface area contributed by atoms with E-state index in [1.165, 1.54) is 11.3 Å². The van der Waals surface area contributed by atoms with E-state index in [9.17, 15) is 4.79 Å².